The van der Waals surface area contributed by atoms with Gasteiger partial charge in [0.15, 0.2) is 11.5 Å². The minimum Gasteiger partial charge on any atom is -0.493 e. The SMILES string of the molecule is COc1ccc(S(=O)(=O)N(CC(=O)O)c2ccc(OC3CCCC3)cc2)cc1OC. The Morgan fingerprint density at radius 3 is 2.23 bits per heavy atom. The van der Waals surface area contributed by atoms with Gasteiger partial charge in [-0.15, -0.1) is 0 Å². The van der Waals surface area contributed by atoms with E-state index in [0.29, 0.717) is 11.5 Å². The molecule has 1 saturated carbocycles. The van der Waals surface area contributed by atoms with Crippen LogP contribution in [0.3, 0.4) is 0 Å². The molecule has 0 saturated heterocycles. The predicted octanol–water partition coefficient (Wildman–Crippen LogP) is 3.31. The van der Waals surface area contributed by atoms with Gasteiger partial charge in [-0.1, -0.05) is 0 Å². The van der Waals surface area contributed by atoms with Gasteiger partial charge in [-0.2, -0.15) is 0 Å². The van der Waals surface area contributed by atoms with Crippen LogP contribution in [0.15, 0.2) is 47.4 Å². The van der Waals surface area contributed by atoms with Crippen LogP contribution in [0.2, 0.25) is 0 Å². The van der Waals surface area contributed by atoms with Crippen LogP contribution in [0.5, 0.6) is 17.2 Å². The Kier molecular flexibility index (Phi) is 6.71. The first kappa shape index (κ1) is 21.8. The van der Waals surface area contributed by atoms with Gasteiger partial charge in [-0.05, 0) is 62.1 Å². The number of carboxylic acid groups (broad SMARTS) is 1. The highest BCUT2D eigenvalue weighted by Gasteiger charge is 2.28. The summed E-state index contributed by atoms with van der Waals surface area (Å²) in [6, 6.07) is 10.5. The highest BCUT2D eigenvalue weighted by atomic mass is 32.2. The summed E-state index contributed by atoms with van der Waals surface area (Å²) in [6.45, 7) is -0.723. The van der Waals surface area contributed by atoms with Gasteiger partial charge in [0.25, 0.3) is 10.0 Å². The minimum absolute atomic E-state index is 0.104. The molecule has 1 N–H and O–H groups in total. The Balaban J connectivity index is 1.92. The molecular weight excluding hydrogens is 410 g/mol. The maximum atomic E-state index is 13.2. The largest absolute Gasteiger partial charge is 0.493 e. The van der Waals surface area contributed by atoms with Crippen molar-refractivity contribution in [1.29, 1.82) is 0 Å². The maximum absolute atomic E-state index is 13.2. The number of sulfonamides is 1. The van der Waals surface area contributed by atoms with Crippen LogP contribution in [-0.4, -0.2) is 46.4 Å². The molecule has 0 heterocycles. The highest BCUT2D eigenvalue weighted by Crippen LogP contribution is 2.33. The van der Waals surface area contributed by atoms with Crippen molar-refractivity contribution in [3.05, 3.63) is 42.5 Å². The zero-order valence-electron chi connectivity index (χ0n) is 16.9. The number of benzene rings is 2. The first-order valence-corrected chi connectivity index (χ1v) is 11.0. The molecule has 3 rings (SSSR count). The second kappa shape index (κ2) is 9.25. The fraction of sp³-hybridized carbons (Fsp3) is 0.381. The van der Waals surface area contributed by atoms with Gasteiger partial charge in [0.05, 0.1) is 30.9 Å². The van der Waals surface area contributed by atoms with Crippen molar-refractivity contribution in [2.24, 2.45) is 0 Å². The molecule has 0 bridgehead atoms. The second-order valence-electron chi connectivity index (χ2n) is 6.94. The minimum atomic E-state index is -4.17. The molecule has 0 atom stereocenters. The Morgan fingerprint density at radius 2 is 1.67 bits per heavy atom. The van der Waals surface area contributed by atoms with Crippen LogP contribution in [0.4, 0.5) is 5.69 Å². The van der Waals surface area contributed by atoms with E-state index in [2.05, 4.69) is 0 Å². The Hall–Kier alpha value is -2.94. The summed E-state index contributed by atoms with van der Waals surface area (Å²) in [4.78, 5) is 11.3. The third-order valence-corrected chi connectivity index (χ3v) is 6.72. The quantitative estimate of drug-likeness (QED) is 0.645. The number of ether oxygens (including phenoxy) is 3. The van der Waals surface area contributed by atoms with Crippen molar-refractivity contribution in [1.82, 2.24) is 0 Å². The van der Waals surface area contributed by atoms with Crippen molar-refractivity contribution in [3.8, 4) is 17.2 Å². The summed E-state index contributed by atoms with van der Waals surface area (Å²) < 4.78 is 43.5. The molecule has 1 aliphatic rings. The zero-order chi connectivity index (χ0) is 21.7. The summed E-state index contributed by atoms with van der Waals surface area (Å²) in [5.41, 5.74) is 0.228. The lowest BCUT2D eigenvalue weighted by molar-refractivity contribution is -0.135. The average molecular weight is 435 g/mol. The molecule has 2 aromatic rings. The number of hydrogen-bond donors (Lipinski definition) is 1. The third kappa shape index (κ3) is 4.79. The summed E-state index contributed by atoms with van der Waals surface area (Å²) in [7, 11) is -1.33. The Morgan fingerprint density at radius 1 is 1.03 bits per heavy atom. The van der Waals surface area contributed by atoms with Gasteiger partial charge in [0.1, 0.15) is 12.3 Å². The van der Waals surface area contributed by atoms with Crippen LogP contribution < -0.4 is 18.5 Å². The fourth-order valence-electron chi connectivity index (χ4n) is 3.43. The van der Waals surface area contributed by atoms with Gasteiger partial charge in [0.2, 0.25) is 0 Å². The molecule has 0 spiro atoms. The first-order chi connectivity index (χ1) is 14.3. The summed E-state index contributed by atoms with van der Waals surface area (Å²) >= 11 is 0. The van der Waals surface area contributed by atoms with Crippen molar-refractivity contribution in [3.63, 3.8) is 0 Å². The van der Waals surface area contributed by atoms with Crippen molar-refractivity contribution in [2.45, 2.75) is 36.7 Å². The number of aliphatic carboxylic acids is 1. The van der Waals surface area contributed by atoms with E-state index < -0.39 is 22.5 Å². The third-order valence-electron chi connectivity index (χ3n) is 4.95. The Labute approximate surface area is 176 Å². The number of hydrogen-bond acceptors (Lipinski definition) is 6. The highest BCUT2D eigenvalue weighted by molar-refractivity contribution is 7.92. The molecule has 0 aliphatic heterocycles. The molecule has 0 radical (unpaired) electrons. The topological polar surface area (TPSA) is 102 Å². The lowest BCUT2D eigenvalue weighted by Gasteiger charge is -2.23. The number of carbonyl (C=O) groups is 1. The van der Waals surface area contributed by atoms with E-state index in [0.717, 1.165) is 30.0 Å². The van der Waals surface area contributed by atoms with Gasteiger partial charge in [-0.25, -0.2) is 8.42 Å². The van der Waals surface area contributed by atoms with E-state index in [9.17, 15) is 18.3 Å². The molecule has 0 unspecified atom stereocenters. The molecular formula is C21H25NO7S. The number of anilines is 1. The maximum Gasteiger partial charge on any atom is 0.324 e. The number of methoxy groups -OCH3 is 2. The smallest absolute Gasteiger partial charge is 0.324 e. The Bertz CT molecular complexity index is 983. The first-order valence-electron chi connectivity index (χ1n) is 9.58. The van der Waals surface area contributed by atoms with Crippen LogP contribution in [0.25, 0.3) is 0 Å². The molecule has 162 valence electrons. The normalized spacial score (nSPS) is 14.3. The van der Waals surface area contributed by atoms with E-state index in [4.69, 9.17) is 14.2 Å². The van der Waals surface area contributed by atoms with Crippen LogP contribution >= 0.6 is 0 Å². The van der Waals surface area contributed by atoms with Crippen LogP contribution in [-0.2, 0) is 14.8 Å². The van der Waals surface area contributed by atoms with Crippen LogP contribution in [0.1, 0.15) is 25.7 Å². The van der Waals surface area contributed by atoms with Gasteiger partial charge >= 0.3 is 5.97 Å². The molecule has 9 heteroatoms. The summed E-state index contributed by atoms with van der Waals surface area (Å²) in [5, 5.41) is 9.31. The molecule has 1 aliphatic carbocycles. The summed E-state index contributed by atoms with van der Waals surface area (Å²) in [6.07, 6.45) is 4.44. The predicted molar refractivity (Wildman–Crippen MR) is 111 cm³/mol. The van der Waals surface area contributed by atoms with Gasteiger partial charge in [0, 0.05) is 6.07 Å². The standard InChI is InChI=1S/C21H25NO7S/c1-27-19-12-11-18(13-20(19)28-2)30(25,26)22(14-21(23)24)15-7-9-17(10-8-15)29-16-5-3-4-6-16/h7-13,16H,3-6,14H2,1-2H3,(H,23,24). The molecule has 1 fully saturated rings. The second-order valence-corrected chi connectivity index (χ2v) is 8.80. The molecule has 0 aromatic heterocycles. The van der Waals surface area contributed by atoms with E-state index in [1.54, 1.807) is 24.3 Å². The molecule has 0 amide bonds. The number of nitrogens with zero attached hydrogens (tertiary/aromatic N) is 1. The number of rotatable bonds is 9. The van der Waals surface area contributed by atoms with Gasteiger partial charge < -0.3 is 19.3 Å². The average Bonchev–Trinajstić information content (AvgIpc) is 3.25. The van der Waals surface area contributed by atoms with Crippen molar-refractivity contribution in [2.75, 3.05) is 25.1 Å². The van der Waals surface area contributed by atoms with Crippen molar-refractivity contribution < 1.29 is 32.5 Å². The van der Waals surface area contributed by atoms with Crippen LogP contribution in [0, 0.1) is 0 Å². The van der Waals surface area contributed by atoms with E-state index >= 15 is 0 Å². The van der Waals surface area contributed by atoms with E-state index in [1.807, 2.05) is 0 Å². The summed E-state index contributed by atoms with van der Waals surface area (Å²) in [5.74, 6) is -0.0430. The van der Waals surface area contributed by atoms with E-state index in [1.165, 1.54) is 32.4 Å². The monoisotopic (exact) mass is 435 g/mol. The molecule has 30 heavy (non-hydrogen) atoms. The zero-order valence-corrected chi connectivity index (χ0v) is 17.7. The number of carboxylic acids is 1. The van der Waals surface area contributed by atoms with Crippen molar-refractivity contribution >= 4 is 21.7 Å². The van der Waals surface area contributed by atoms with E-state index in [-0.39, 0.29) is 22.4 Å². The molecule has 2 aromatic carbocycles. The van der Waals surface area contributed by atoms with Gasteiger partial charge in [-0.3, -0.25) is 9.10 Å². The fourth-order valence-corrected chi connectivity index (χ4v) is 4.86. The molecule has 8 nitrogen and oxygen atoms in total. The lowest BCUT2D eigenvalue weighted by atomic mass is 10.2. The lowest BCUT2D eigenvalue weighted by Crippen LogP contribution is -2.35.